The Labute approximate surface area is 92.8 Å². The molecule has 0 aromatic heterocycles. The van der Waals surface area contributed by atoms with Crippen LogP contribution >= 0.6 is 11.8 Å². The van der Waals surface area contributed by atoms with Crippen LogP contribution in [0.2, 0.25) is 0 Å². The van der Waals surface area contributed by atoms with E-state index in [-0.39, 0.29) is 5.82 Å². The second-order valence-electron chi connectivity index (χ2n) is 3.59. The molecule has 1 aliphatic carbocycles. The Morgan fingerprint density at radius 2 is 2.07 bits per heavy atom. The lowest BCUT2D eigenvalue weighted by molar-refractivity contribution is 0.626. The summed E-state index contributed by atoms with van der Waals surface area (Å²) in [6.45, 7) is 0. The molecule has 0 spiro atoms. The molecule has 1 aromatic carbocycles. The molecule has 2 rings (SSSR count). The van der Waals surface area contributed by atoms with Crippen LogP contribution in [-0.2, 0) is 0 Å². The summed E-state index contributed by atoms with van der Waals surface area (Å²) >= 11 is 1.58. The number of amidine groups is 1. The molecule has 1 aliphatic rings. The van der Waals surface area contributed by atoms with Crippen LogP contribution in [0.15, 0.2) is 34.2 Å². The fourth-order valence-corrected chi connectivity index (χ4v) is 1.88. The van der Waals surface area contributed by atoms with Gasteiger partial charge in [0.25, 0.3) is 0 Å². The number of aliphatic imine (C=N–C) groups is 1. The molecule has 0 amide bonds. The van der Waals surface area contributed by atoms with Gasteiger partial charge in [-0.05, 0) is 37.1 Å². The second-order valence-corrected chi connectivity index (χ2v) is 4.64. The summed E-state index contributed by atoms with van der Waals surface area (Å²) < 4.78 is 12.6. The molecule has 0 radical (unpaired) electrons. The normalized spacial score (nSPS) is 16.7. The molecule has 2 N–H and O–H groups in total. The Morgan fingerprint density at radius 3 is 2.67 bits per heavy atom. The maximum Gasteiger partial charge on any atom is 0.123 e. The summed E-state index contributed by atoms with van der Waals surface area (Å²) in [5.74, 6) is 1.16. The van der Waals surface area contributed by atoms with Crippen molar-refractivity contribution in [1.82, 2.24) is 0 Å². The lowest BCUT2D eigenvalue weighted by atomic mass is 10.4. The topological polar surface area (TPSA) is 38.4 Å². The number of benzene rings is 1. The molecule has 0 atom stereocenters. The quantitative estimate of drug-likeness (QED) is 0.484. The zero-order valence-electron chi connectivity index (χ0n) is 8.32. The highest BCUT2D eigenvalue weighted by Gasteiger charge is 2.20. The first-order valence-electron chi connectivity index (χ1n) is 4.94. The van der Waals surface area contributed by atoms with Crippen LogP contribution in [0.3, 0.4) is 0 Å². The predicted molar refractivity (Wildman–Crippen MR) is 61.8 cm³/mol. The van der Waals surface area contributed by atoms with E-state index in [1.54, 1.807) is 23.9 Å². The van der Waals surface area contributed by atoms with Crippen LogP contribution in [0.25, 0.3) is 0 Å². The first kappa shape index (κ1) is 10.5. The molecule has 1 saturated carbocycles. The smallest absolute Gasteiger partial charge is 0.123 e. The Bertz CT molecular complexity index is 357. The van der Waals surface area contributed by atoms with Crippen LogP contribution < -0.4 is 5.73 Å². The van der Waals surface area contributed by atoms with Crippen molar-refractivity contribution < 1.29 is 4.39 Å². The van der Waals surface area contributed by atoms with E-state index in [0.717, 1.165) is 4.90 Å². The highest BCUT2D eigenvalue weighted by atomic mass is 32.2. The van der Waals surface area contributed by atoms with Gasteiger partial charge in [-0.25, -0.2) is 4.39 Å². The molecule has 0 heterocycles. The van der Waals surface area contributed by atoms with Crippen molar-refractivity contribution in [2.24, 2.45) is 10.7 Å². The van der Waals surface area contributed by atoms with Crippen molar-refractivity contribution >= 4 is 17.6 Å². The van der Waals surface area contributed by atoms with Crippen molar-refractivity contribution in [2.75, 3.05) is 5.75 Å². The molecule has 15 heavy (non-hydrogen) atoms. The number of hydrogen-bond donors (Lipinski definition) is 1. The molecule has 1 fully saturated rings. The fraction of sp³-hybridized carbons (Fsp3) is 0.364. The maximum atomic E-state index is 12.6. The van der Waals surface area contributed by atoms with E-state index >= 15 is 0 Å². The zero-order valence-corrected chi connectivity index (χ0v) is 9.14. The van der Waals surface area contributed by atoms with Crippen molar-refractivity contribution in [2.45, 2.75) is 23.8 Å². The van der Waals surface area contributed by atoms with Gasteiger partial charge in [0.1, 0.15) is 11.7 Å². The van der Waals surface area contributed by atoms with Gasteiger partial charge >= 0.3 is 0 Å². The van der Waals surface area contributed by atoms with Crippen molar-refractivity contribution in [3.05, 3.63) is 30.1 Å². The van der Waals surface area contributed by atoms with Crippen molar-refractivity contribution in [1.29, 1.82) is 0 Å². The Balaban J connectivity index is 1.84. The number of thioether (sulfide) groups is 1. The van der Waals surface area contributed by atoms with Gasteiger partial charge < -0.3 is 5.73 Å². The number of hydrogen-bond acceptors (Lipinski definition) is 2. The third-order valence-corrected chi connectivity index (χ3v) is 3.14. The standard InChI is InChI=1S/C11H13FN2S/c12-8-1-5-10(6-2-8)15-7-11(13)14-9-3-4-9/h1-2,5-6,9H,3-4,7H2,(H2,13,14). The van der Waals surface area contributed by atoms with E-state index in [2.05, 4.69) is 4.99 Å². The molecule has 0 aliphatic heterocycles. The monoisotopic (exact) mass is 224 g/mol. The van der Waals surface area contributed by atoms with E-state index < -0.39 is 0 Å². The predicted octanol–water partition coefficient (Wildman–Crippen LogP) is 2.44. The fourth-order valence-electron chi connectivity index (χ4n) is 1.16. The number of halogens is 1. The molecule has 80 valence electrons. The largest absolute Gasteiger partial charge is 0.387 e. The van der Waals surface area contributed by atoms with E-state index in [1.165, 1.54) is 25.0 Å². The van der Waals surface area contributed by atoms with Crippen LogP contribution in [0.5, 0.6) is 0 Å². The average molecular weight is 224 g/mol. The Morgan fingerprint density at radius 1 is 1.40 bits per heavy atom. The van der Waals surface area contributed by atoms with E-state index in [4.69, 9.17) is 5.73 Å². The molecule has 2 nitrogen and oxygen atoms in total. The Hall–Kier alpha value is -1.03. The third kappa shape index (κ3) is 3.55. The van der Waals surface area contributed by atoms with Crippen LogP contribution in [0, 0.1) is 5.82 Å². The van der Waals surface area contributed by atoms with Gasteiger partial charge in [0, 0.05) is 4.90 Å². The van der Waals surface area contributed by atoms with E-state index in [0.29, 0.717) is 17.6 Å². The van der Waals surface area contributed by atoms with Gasteiger partial charge in [-0.3, -0.25) is 4.99 Å². The van der Waals surface area contributed by atoms with Crippen LogP contribution in [-0.4, -0.2) is 17.6 Å². The first-order chi connectivity index (χ1) is 7.24. The SMILES string of the molecule is NC(CSc1ccc(F)cc1)=NC1CC1. The highest BCUT2D eigenvalue weighted by Crippen LogP contribution is 2.24. The van der Waals surface area contributed by atoms with Gasteiger partial charge in [0.15, 0.2) is 0 Å². The van der Waals surface area contributed by atoms with Crippen LogP contribution in [0.4, 0.5) is 4.39 Å². The lowest BCUT2D eigenvalue weighted by Gasteiger charge is -2.01. The summed E-state index contributed by atoms with van der Waals surface area (Å²) in [4.78, 5) is 5.34. The van der Waals surface area contributed by atoms with E-state index in [9.17, 15) is 4.39 Å². The second kappa shape index (κ2) is 4.66. The minimum atomic E-state index is -0.209. The molecule has 0 bridgehead atoms. The summed E-state index contributed by atoms with van der Waals surface area (Å²) in [7, 11) is 0. The molecule has 0 saturated heterocycles. The summed E-state index contributed by atoms with van der Waals surface area (Å²) in [6.07, 6.45) is 2.34. The van der Waals surface area contributed by atoms with Crippen molar-refractivity contribution in [3.8, 4) is 0 Å². The Kier molecular flexibility index (Phi) is 3.26. The van der Waals surface area contributed by atoms with Crippen molar-refractivity contribution in [3.63, 3.8) is 0 Å². The summed E-state index contributed by atoms with van der Waals surface area (Å²) in [5, 5.41) is 0. The third-order valence-electron chi connectivity index (χ3n) is 2.10. The van der Waals surface area contributed by atoms with Gasteiger partial charge in [-0.1, -0.05) is 0 Å². The molecular formula is C11H13FN2S. The molecule has 4 heteroatoms. The van der Waals surface area contributed by atoms with Gasteiger partial charge in [0.2, 0.25) is 0 Å². The highest BCUT2D eigenvalue weighted by molar-refractivity contribution is 8.00. The molecular weight excluding hydrogens is 211 g/mol. The van der Waals surface area contributed by atoms with Crippen LogP contribution in [0.1, 0.15) is 12.8 Å². The minimum absolute atomic E-state index is 0.209. The lowest BCUT2D eigenvalue weighted by Crippen LogP contribution is -2.15. The summed E-state index contributed by atoms with van der Waals surface area (Å²) in [5.41, 5.74) is 5.75. The van der Waals surface area contributed by atoms with Gasteiger partial charge in [-0.15, -0.1) is 11.8 Å². The number of nitrogens with two attached hydrogens (primary N) is 1. The maximum absolute atomic E-state index is 12.6. The minimum Gasteiger partial charge on any atom is -0.387 e. The average Bonchev–Trinajstić information content (AvgIpc) is 3.01. The van der Waals surface area contributed by atoms with Gasteiger partial charge in [0.05, 0.1) is 11.8 Å². The number of rotatable bonds is 4. The molecule has 0 unspecified atom stereocenters. The molecule has 1 aromatic rings. The van der Waals surface area contributed by atoms with Gasteiger partial charge in [-0.2, -0.15) is 0 Å². The zero-order chi connectivity index (χ0) is 10.7. The summed E-state index contributed by atoms with van der Waals surface area (Å²) in [6, 6.07) is 6.89. The van der Waals surface area contributed by atoms with E-state index in [1.807, 2.05) is 0 Å². The number of nitrogens with zero attached hydrogens (tertiary/aromatic N) is 1. The first-order valence-corrected chi connectivity index (χ1v) is 5.93.